The Balaban J connectivity index is 1.84. The first kappa shape index (κ1) is 21.4. The first-order chi connectivity index (χ1) is 13.2. The Bertz CT molecular complexity index is 754. The predicted octanol–water partition coefficient (Wildman–Crippen LogP) is 2.40. The number of nitrogens with one attached hydrogen (secondary N) is 2. The van der Waals surface area contributed by atoms with Crippen LogP contribution in [0.15, 0.2) is 24.3 Å². The molecule has 152 valence electrons. The van der Waals surface area contributed by atoms with Gasteiger partial charge >= 0.3 is 12.0 Å². The summed E-state index contributed by atoms with van der Waals surface area (Å²) in [5, 5.41) is 5.26. The summed E-state index contributed by atoms with van der Waals surface area (Å²) in [5.74, 6) is -1.39. The van der Waals surface area contributed by atoms with E-state index in [0.29, 0.717) is 24.4 Å². The van der Waals surface area contributed by atoms with Crippen LogP contribution in [0.1, 0.15) is 52.0 Å². The molecule has 0 aromatic heterocycles. The van der Waals surface area contributed by atoms with Crippen LogP contribution in [0.2, 0.25) is 0 Å². The molecular weight excluding hydrogens is 362 g/mol. The third-order valence-corrected chi connectivity index (χ3v) is 4.97. The van der Waals surface area contributed by atoms with E-state index in [1.807, 2.05) is 12.1 Å². The number of hydrogen-bond donors (Lipinski definition) is 2. The van der Waals surface area contributed by atoms with Crippen molar-refractivity contribution in [3.63, 3.8) is 0 Å². The summed E-state index contributed by atoms with van der Waals surface area (Å²) in [4.78, 5) is 49.2. The number of amides is 4. The van der Waals surface area contributed by atoms with Crippen molar-refractivity contribution in [2.75, 3.05) is 18.5 Å². The Kier molecular flexibility index (Phi) is 6.77. The molecule has 2 rings (SSSR count). The van der Waals surface area contributed by atoms with Crippen molar-refractivity contribution in [3.8, 4) is 0 Å². The van der Waals surface area contributed by atoms with Gasteiger partial charge in [-0.2, -0.15) is 0 Å². The highest BCUT2D eigenvalue weighted by Gasteiger charge is 2.49. The summed E-state index contributed by atoms with van der Waals surface area (Å²) in [6, 6.07) is 6.75. The molecule has 2 N–H and O–H groups in total. The van der Waals surface area contributed by atoms with Gasteiger partial charge in [0.15, 0.2) is 6.61 Å². The summed E-state index contributed by atoms with van der Waals surface area (Å²) in [6.07, 6.45) is 0.856. The molecule has 1 aromatic rings. The van der Waals surface area contributed by atoms with E-state index in [1.54, 1.807) is 26.0 Å². The van der Waals surface area contributed by atoms with Crippen molar-refractivity contribution in [1.82, 2.24) is 10.2 Å². The van der Waals surface area contributed by atoms with Crippen LogP contribution in [-0.4, -0.2) is 47.4 Å². The molecule has 8 nitrogen and oxygen atoms in total. The molecule has 1 aliphatic rings. The Morgan fingerprint density at radius 2 is 1.75 bits per heavy atom. The quantitative estimate of drug-likeness (QED) is 0.525. The molecule has 0 unspecified atom stereocenters. The van der Waals surface area contributed by atoms with Crippen LogP contribution in [0.3, 0.4) is 0 Å². The fourth-order valence-electron chi connectivity index (χ4n) is 3.02. The van der Waals surface area contributed by atoms with E-state index in [4.69, 9.17) is 4.74 Å². The smallest absolute Gasteiger partial charge is 0.326 e. The van der Waals surface area contributed by atoms with E-state index in [-0.39, 0.29) is 0 Å². The van der Waals surface area contributed by atoms with Gasteiger partial charge in [0.1, 0.15) is 12.1 Å². The minimum absolute atomic E-state index is 0.385. The van der Waals surface area contributed by atoms with Gasteiger partial charge in [0, 0.05) is 5.69 Å². The molecule has 1 aliphatic heterocycles. The standard InChI is InChI=1S/C20H27N3O5/c1-5-20(6-2)18(26)23(19(27)22-20)11-17(25)28-12-16(24)21-15-9-7-14(8-10-15)13(3)4/h7-10,13H,5-6,11-12H2,1-4H3,(H,21,24)(H,22,27). The van der Waals surface area contributed by atoms with Gasteiger partial charge in [0.25, 0.3) is 11.8 Å². The van der Waals surface area contributed by atoms with Crippen LogP contribution in [0.5, 0.6) is 0 Å². The third kappa shape index (κ3) is 4.68. The van der Waals surface area contributed by atoms with Crippen molar-refractivity contribution >= 4 is 29.5 Å². The summed E-state index contributed by atoms with van der Waals surface area (Å²) in [7, 11) is 0. The van der Waals surface area contributed by atoms with Gasteiger partial charge in [-0.15, -0.1) is 0 Å². The topological polar surface area (TPSA) is 105 Å². The zero-order valence-corrected chi connectivity index (χ0v) is 16.7. The molecule has 0 atom stereocenters. The molecule has 8 heteroatoms. The Labute approximate surface area is 164 Å². The first-order valence-corrected chi connectivity index (χ1v) is 9.42. The average Bonchev–Trinajstić information content (AvgIpc) is 2.91. The van der Waals surface area contributed by atoms with Gasteiger partial charge in [0.2, 0.25) is 0 Å². The number of hydrogen-bond acceptors (Lipinski definition) is 5. The number of benzene rings is 1. The number of carbonyl (C=O) groups is 4. The fraction of sp³-hybridized carbons (Fsp3) is 0.500. The van der Waals surface area contributed by atoms with Crippen LogP contribution in [-0.2, 0) is 19.1 Å². The van der Waals surface area contributed by atoms with E-state index in [0.717, 1.165) is 10.5 Å². The SMILES string of the molecule is CCC1(CC)NC(=O)N(CC(=O)OCC(=O)Nc2ccc(C(C)C)cc2)C1=O. The van der Waals surface area contributed by atoms with Crippen molar-refractivity contribution in [3.05, 3.63) is 29.8 Å². The molecular formula is C20H27N3O5. The maximum Gasteiger partial charge on any atom is 0.326 e. The van der Waals surface area contributed by atoms with Gasteiger partial charge in [-0.25, -0.2) is 4.79 Å². The lowest BCUT2D eigenvalue weighted by Gasteiger charge is -2.22. The summed E-state index contributed by atoms with van der Waals surface area (Å²) in [6.45, 7) is 6.71. The largest absolute Gasteiger partial charge is 0.454 e. The van der Waals surface area contributed by atoms with Crippen LogP contribution in [0.4, 0.5) is 10.5 Å². The Morgan fingerprint density at radius 1 is 1.14 bits per heavy atom. The summed E-state index contributed by atoms with van der Waals surface area (Å²) in [5.41, 5.74) is 0.764. The molecule has 4 amide bonds. The van der Waals surface area contributed by atoms with Crippen LogP contribution >= 0.6 is 0 Å². The van der Waals surface area contributed by atoms with E-state index in [2.05, 4.69) is 24.5 Å². The molecule has 1 fully saturated rings. The number of ether oxygens (including phenoxy) is 1. The minimum Gasteiger partial charge on any atom is -0.454 e. The average molecular weight is 389 g/mol. The number of nitrogens with zero attached hydrogens (tertiary/aromatic N) is 1. The zero-order valence-electron chi connectivity index (χ0n) is 16.7. The van der Waals surface area contributed by atoms with Gasteiger partial charge in [0.05, 0.1) is 0 Å². The van der Waals surface area contributed by atoms with Gasteiger partial charge < -0.3 is 15.4 Å². The lowest BCUT2D eigenvalue weighted by molar-refractivity contribution is -0.150. The predicted molar refractivity (Wildman–Crippen MR) is 104 cm³/mol. The van der Waals surface area contributed by atoms with Gasteiger partial charge in [-0.3, -0.25) is 19.3 Å². The van der Waals surface area contributed by atoms with E-state index < -0.39 is 42.5 Å². The molecule has 1 aromatic carbocycles. The zero-order chi connectivity index (χ0) is 20.9. The number of urea groups is 1. The number of rotatable bonds is 8. The molecule has 28 heavy (non-hydrogen) atoms. The molecule has 1 saturated heterocycles. The Morgan fingerprint density at radius 3 is 2.25 bits per heavy atom. The molecule has 0 radical (unpaired) electrons. The number of anilines is 1. The summed E-state index contributed by atoms with van der Waals surface area (Å²) >= 11 is 0. The second kappa shape index (κ2) is 8.86. The van der Waals surface area contributed by atoms with Crippen molar-refractivity contribution < 1.29 is 23.9 Å². The van der Waals surface area contributed by atoms with Crippen LogP contribution in [0, 0.1) is 0 Å². The monoisotopic (exact) mass is 389 g/mol. The van der Waals surface area contributed by atoms with E-state index in [9.17, 15) is 19.2 Å². The minimum atomic E-state index is -0.975. The number of esters is 1. The second-order valence-corrected chi connectivity index (χ2v) is 7.10. The maximum absolute atomic E-state index is 12.4. The van der Waals surface area contributed by atoms with Crippen molar-refractivity contribution in [1.29, 1.82) is 0 Å². The van der Waals surface area contributed by atoms with Gasteiger partial charge in [-0.1, -0.05) is 39.8 Å². The number of carbonyl (C=O) groups excluding carboxylic acids is 4. The molecule has 0 bridgehead atoms. The molecule has 0 aliphatic carbocycles. The van der Waals surface area contributed by atoms with Crippen LogP contribution < -0.4 is 10.6 Å². The normalized spacial score (nSPS) is 15.5. The van der Waals surface area contributed by atoms with E-state index >= 15 is 0 Å². The molecule has 1 heterocycles. The first-order valence-electron chi connectivity index (χ1n) is 9.42. The lowest BCUT2D eigenvalue weighted by atomic mass is 9.93. The van der Waals surface area contributed by atoms with Crippen LogP contribution in [0.25, 0.3) is 0 Å². The lowest BCUT2D eigenvalue weighted by Crippen LogP contribution is -2.46. The number of imide groups is 1. The maximum atomic E-state index is 12.4. The van der Waals surface area contributed by atoms with E-state index in [1.165, 1.54) is 0 Å². The second-order valence-electron chi connectivity index (χ2n) is 7.10. The third-order valence-electron chi connectivity index (χ3n) is 4.97. The molecule has 0 saturated carbocycles. The van der Waals surface area contributed by atoms with Crippen molar-refractivity contribution in [2.24, 2.45) is 0 Å². The van der Waals surface area contributed by atoms with Gasteiger partial charge in [-0.05, 0) is 36.5 Å². The highest BCUT2D eigenvalue weighted by molar-refractivity contribution is 6.08. The molecule has 0 spiro atoms. The summed E-state index contributed by atoms with van der Waals surface area (Å²) < 4.78 is 4.91. The highest BCUT2D eigenvalue weighted by atomic mass is 16.5. The van der Waals surface area contributed by atoms with Crippen molar-refractivity contribution in [2.45, 2.75) is 52.0 Å². The Hall–Kier alpha value is -2.90. The highest BCUT2D eigenvalue weighted by Crippen LogP contribution is 2.24. The fourth-order valence-corrected chi connectivity index (χ4v) is 3.02.